The first-order valence-corrected chi connectivity index (χ1v) is 24.4. The molecule has 0 N–H and O–H groups in total. The zero-order valence-electron chi connectivity index (χ0n) is 46.0. The molecule has 0 spiro atoms. The van der Waals surface area contributed by atoms with Crippen LogP contribution in [0.3, 0.4) is 0 Å². The number of hydrogen-bond donors (Lipinski definition) is 0. The first-order chi connectivity index (χ1) is 34.8. The third kappa shape index (κ3) is 12.6. The van der Waals surface area contributed by atoms with E-state index in [0.717, 1.165) is 0 Å². The molecule has 9 atom stereocenters. The van der Waals surface area contributed by atoms with Crippen molar-refractivity contribution in [2.75, 3.05) is 49.8 Å². The van der Waals surface area contributed by atoms with Gasteiger partial charge in [-0.1, -0.05) is 40.7 Å². The molecule has 0 radical (unpaired) electrons. The molecule has 0 aliphatic carbocycles. The van der Waals surface area contributed by atoms with Crippen LogP contribution in [0.4, 0.5) is 0 Å². The molecule has 5 aliphatic rings. The van der Waals surface area contributed by atoms with Gasteiger partial charge in [-0.3, -0.25) is 48.5 Å². The molecule has 0 aromatic heterocycles. The number of esters is 7. The number of nitrogens with zero attached hydrogens (tertiary/aromatic N) is 6. The van der Waals surface area contributed by atoms with Gasteiger partial charge < -0.3 is 62.1 Å². The summed E-state index contributed by atoms with van der Waals surface area (Å²) in [5.74, 6) is -5.83. The molecule has 1 fully saturated rings. The van der Waals surface area contributed by atoms with Gasteiger partial charge in [-0.15, -0.1) is 0 Å². The van der Waals surface area contributed by atoms with E-state index in [9.17, 15) is 33.6 Å². The van der Waals surface area contributed by atoms with E-state index in [2.05, 4.69) is 0 Å². The predicted molar refractivity (Wildman–Crippen MR) is 268 cm³/mol. The Bertz CT molecular complexity index is 2450. The summed E-state index contributed by atoms with van der Waals surface area (Å²) in [4.78, 5) is 110. The van der Waals surface area contributed by atoms with E-state index in [1.54, 1.807) is 0 Å². The van der Waals surface area contributed by atoms with Gasteiger partial charge in [0.15, 0.2) is 0 Å². The first-order valence-electron chi connectivity index (χ1n) is 24.4. The van der Waals surface area contributed by atoms with E-state index >= 15 is 0 Å². The van der Waals surface area contributed by atoms with Gasteiger partial charge in [0.25, 0.3) is 0 Å². The molecule has 5 rings (SSSR count). The van der Waals surface area contributed by atoms with Crippen LogP contribution in [-0.2, 0) is 83.5 Å². The molecule has 412 valence electrons. The maximum Gasteiger partial charge on any atom is 3.00 e. The molecule has 5 heterocycles. The molecule has 8 bridgehead atoms. The fourth-order valence-corrected chi connectivity index (χ4v) is 12.2. The first kappa shape index (κ1) is 64.9. The summed E-state index contributed by atoms with van der Waals surface area (Å²) in [5.41, 5.74) is -0.993. The van der Waals surface area contributed by atoms with Crippen molar-refractivity contribution in [3.05, 3.63) is 52.8 Å². The van der Waals surface area contributed by atoms with Gasteiger partial charge in [0.05, 0.1) is 73.8 Å². The number of carbonyl (C=O) groups excluding carboxylic acids is 7. The molecule has 0 aromatic rings. The summed E-state index contributed by atoms with van der Waals surface area (Å²) in [6.07, 6.45) is 2.21. The molecule has 1 saturated heterocycles. The van der Waals surface area contributed by atoms with Crippen molar-refractivity contribution in [3.8, 4) is 0 Å². The molecule has 21 heteroatoms. The molecule has 5 aliphatic heterocycles. The van der Waals surface area contributed by atoms with Crippen LogP contribution < -0.4 is 0 Å². The van der Waals surface area contributed by atoms with Crippen LogP contribution in [0.15, 0.2) is 49.3 Å². The quantitative estimate of drug-likeness (QED) is 0.0729. The average molecular weight is 1090 g/mol. The van der Waals surface area contributed by atoms with Gasteiger partial charge in [0.2, 0.25) is 0 Å². The Kier molecular flexibility index (Phi) is 23.0. The largest absolute Gasteiger partial charge is 3.00 e. The van der Waals surface area contributed by atoms with Crippen LogP contribution in [0.1, 0.15) is 126 Å². The fraction of sp³-hybridized carbons (Fsp3) is 0.667. The smallest absolute Gasteiger partial charge is 0.682 e. The molecule has 0 amide bonds. The SMILES string of the molecule is COC(=O)CCC1C2=NC(=CC3=NC(=C(C)C4=NC(C)(C5[N-]C(=C2C)C(C)(CCC(=O)OC)C5CC(=O)OC)C(C)(CC(=O)OC)C4CCC(=O)OC)C(C)(CC(=O)OC)C3CCC(=O)OC)C1(C)C.[C-]#N.[C-]#N.[Co+3]. The van der Waals surface area contributed by atoms with Gasteiger partial charge in [-0.05, 0) is 75.0 Å². The van der Waals surface area contributed by atoms with E-state index < -0.39 is 98.7 Å². The van der Waals surface area contributed by atoms with E-state index in [0.29, 0.717) is 51.8 Å². The summed E-state index contributed by atoms with van der Waals surface area (Å²) in [7, 11) is 9.17. The van der Waals surface area contributed by atoms with E-state index in [4.69, 9.17) is 77.1 Å². The van der Waals surface area contributed by atoms with E-state index in [1.807, 2.05) is 61.5 Å². The number of ether oxygens (including phenoxy) is 7. The Morgan fingerprint density at radius 1 is 0.573 bits per heavy atom. The Morgan fingerprint density at radius 3 is 1.52 bits per heavy atom. The van der Waals surface area contributed by atoms with Crippen molar-refractivity contribution in [2.45, 2.75) is 138 Å². The maximum absolute atomic E-state index is 14.0. The second kappa shape index (κ2) is 26.5. The summed E-state index contributed by atoms with van der Waals surface area (Å²) in [6.45, 7) is 25.1. The summed E-state index contributed by atoms with van der Waals surface area (Å²) in [6, 6.07) is -0.898. The average Bonchev–Trinajstić information content (AvgIpc) is 4.01. The number of hydrogen-bond acceptors (Lipinski definition) is 19. The maximum atomic E-state index is 14.0. The van der Waals surface area contributed by atoms with Gasteiger partial charge >= 0.3 is 58.6 Å². The summed E-state index contributed by atoms with van der Waals surface area (Å²) in [5, 5.41) is 18.2. The van der Waals surface area contributed by atoms with Crippen LogP contribution in [0.25, 0.3) is 5.32 Å². The van der Waals surface area contributed by atoms with Crippen molar-refractivity contribution in [1.82, 2.24) is 0 Å². The molecular formula is C54H73CoN6O14. The summed E-state index contributed by atoms with van der Waals surface area (Å²) >= 11 is 0. The van der Waals surface area contributed by atoms with Gasteiger partial charge in [-0.25, -0.2) is 0 Å². The van der Waals surface area contributed by atoms with Crippen molar-refractivity contribution in [1.29, 1.82) is 10.5 Å². The Balaban J connectivity index is 0.00000376. The topological polar surface area (TPSA) is 283 Å². The number of fused-ring (bicyclic) bond motifs is 6. The van der Waals surface area contributed by atoms with Crippen molar-refractivity contribution < 1.29 is 83.5 Å². The van der Waals surface area contributed by atoms with Crippen LogP contribution in [0.2, 0.25) is 0 Å². The number of rotatable bonds is 18. The Morgan fingerprint density at radius 2 is 1.03 bits per heavy atom. The van der Waals surface area contributed by atoms with E-state index in [1.165, 1.54) is 49.8 Å². The normalized spacial score (nSPS) is 28.7. The van der Waals surface area contributed by atoms with Gasteiger partial charge in [0.1, 0.15) is 0 Å². The third-order valence-electron chi connectivity index (χ3n) is 16.7. The van der Waals surface area contributed by atoms with Crippen LogP contribution in [0, 0.1) is 69.0 Å². The molecule has 0 saturated carbocycles. The predicted octanol–water partition coefficient (Wildman–Crippen LogP) is 7.51. The number of allylic oxidation sites excluding steroid dienone is 6. The minimum Gasteiger partial charge on any atom is -0.682 e. The van der Waals surface area contributed by atoms with Gasteiger partial charge in [-0.2, -0.15) is 5.70 Å². The zero-order valence-corrected chi connectivity index (χ0v) is 47.0. The fourth-order valence-electron chi connectivity index (χ4n) is 12.2. The monoisotopic (exact) mass is 1090 g/mol. The second-order valence-corrected chi connectivity index (χ2v) is 20.7. The Hall–Kier alpha value is -6.19. The molecule has 20 nitrogen and oxygen atoms in total. The number of carbonyl (C=O) groups is 7. The summed E-state index contributed by atoms with van der Waals surface area (Å²) < 4.78 is 36.7. The zero-order chi connectivity index (χ0) is 56.3. The number of methoxy groups -OCH3 is 7. The van der Waals surface area contributed by atoms with Gasteiger partial charge in [0, 0.05) is 88.9 Å². The van der Waals surface area contributed by atoms with Crippen molar-refractivity contribution in [3.63, 3.8) is 0 Å². The minimum atomic E-state index is -1.38. The molecule has 0 aromatic carbocycles. The molecular weight excluding hydrogens is 1020 g/mol. The van der Waals surface area contributed by atoms with Crippen molar-refractivity contribution in [2.24, 2.45) is 60.3 Å². The standard InChI is InChI=1S/C52H73N4O14.2CN.Co/c1-28-43-31(17-20-37(58)65-10)48(3,4)35(54-43)25-34-30(16-19-36(57)64-9)50(6,26-41(62)69-14)46(53-34)29(2)44-32(18-21-38(59)66-11)51(7,27-42(63)70-15)52(8,56-44)47-33(24-40(61)68-13)49(5,45(28)55-47)23-22-39(60)67-12;2*1-2;/h25,30-33,47H,16-24,26-27H2,1-15H3;;;/q3*-1;+3. The third-order valence-corrected chi connectivity index (χ3v) is 16.7. The van der Waals surface area contributed by atoms with E-state index in [-0.39, 0.29) is 81.0 Å². The number of aliphatic imine (C=N–C) groups is 3. The van der Waals surface area contributed by atoms with Crippen molar-refractivity contribution >= 4 is 58.9 Å². The minimum absolute atomic E-state index is 0. The second-order valence-electron chi connectivity index (χ2n) is 20.7. The molecule has 9 unspecified atom stereocenters. The molecule has 75 heavy (non-hydrogen) atoms. The Labute approximate surface area is 451 Å². The van der Waals surface area contributed by atoms with Crippen LogP contribution >= 0.6 is 0 Å². The van der Waals surface area contributed by atoms with Crippen LogP contribution in [0.5, 0.6) is 0 Å². The van der Waals surface area contributed by atoms with Crippen LogP contribution in [-0.4, -0.2) is 120 Å².